The molecule has 0 saturated heterocycles. The van der Waals surface area contributed by atoms with Crippen LogP contribution in [-0.2, 0) is 17.2 Å². The Balaban J connectivity index is 2.36. The molecule has 0 fully saturated rings. The minimum atomic E-state index is -0.0446. The van der Waals surface area contributed by atoms with Gasteiger partial charge in [-0.2, -0.15) is 0 Å². The van der Waals surface area contributed by atoms with Gasteiger partial charge in [0.05, 0.1) is 18.0 Å². The Labute approximate surface area is 122 Å². The van der Waals surface area contributed by atoms with Crippen molar-refractivity contribution < 1.29 is 9.53 Å². The van der Waals surface area contributed by atoms with Crippen molar-refractivity contribution in [3.63, 3.8) is 0 Å². The van der Waals surface area contributed by atoms with E-state index < -0.39 is 0 Å². The molecule has 0 saturated carbocycles. The van der Waals surface area contributed by atoms with Crippen molar-refractivity contribution in [2.75, 3.05) is 13.2 Å². The van der Waals surface area contributed by atoms with Crippen LogP contribution in [0.3, 0.4) is 0 Å². The van der Waals surface area contributed by atoms with E-state index in [0.29, 0.717) is 25.6 Å². The minimum Gasteiger partial charge on any atom is -0.492 e. The number of carbonyl (C=O) groups excluding carboxylic acids is 1. The molecule has 1 aromatic heterocycles. The summed E-state index contributed by atoms with van der Waals surface area (Å²) in [6.45, 7) is 5.21. The quantitative estimate of drug-likeness (QED) is 0.832. The lowest BCUT2D eigenvalue weighted by Gasteiger charge is -2.08. The van der Waals surface area contributed by atoms with Gasteiger partial charge in [-0.1, -0.05) is 6.07 Å². The van der Waals surface area contributed by atoms with Crippen LogP contribution in [0, 0.1) is 0 Å². The van der Waals surface area contributed by atoms with Gasteiger partial charge in [-0.25, -0.2) is 4.98 Å². The lowest BCUT2D eigenvalue weighted by molar-refractivity contribution is -0.118. The molecular weight excluding hydrogens is 278 g/mol. The van der Waals surface area contributed by atoms with E-state index in [1.54, 1.807) is 0 Å². The third kappa shape index (κ3) is 3.04. The van der Waals surface area contributed by atoms with Crippen molar-refractivity contribution >= 4 is 28.5 Å². The maximum atomic E-state index is 10.9. The highest BCUT2D eigenvalue weighted by Gasteiger charge is 2.13. The maximum absolute atomic E-state index is 10.9. The van der Waals surface area contributed by atoms with Gasteiger partial charge in [-0.15, -0.1) is 11.6 Å². The van der Waals surface area contributed by atoms with Crippen LogP contribution >= 0.6 is 11.6 Å². The second kappa shape index (κ2) is 6.61. The highest BCUT2D eigenvalue weighted by atomic mass is 35.5. The fourth-order valence-electron chi connectivity index (χ4n) is 2.14. The zero-order valence-corrected chi connectivity index (χ0v) is 12.4. The molecular formula is C14H18ClN3O2. The molecule has 1 N–H and O–H groups in total. The minimum absolute atomic E-state index is 0.0446. The molecule has 0 aliphatic rings. The smallest absolute Gasteiger partial charge is 0.216 e. The third-order valence-electron chi connectivity index (χ3n) is 2.95. The number of carbonyl (C=O) groups is 1. The largest absolute Gasteiger partial charge is 0.492 e. The summed E-state index contributed by atoms with van der Waals surface area (Å²) in [4.78, 5) is 15.5. The van der Waals surface area contributed by atoms with Crippen LogP contribution in [0.15, 0.2) is 18.2 Å². The molecule has 20 heavy (non-hydrogen) atoms. The molecule has 5 nitrogen and oxygen atoms in total. The number of nitrogens with zero attached hydrogens (tertiary/aromatic N) is 2. The van der Waals surface area contributed by atoms with Crippen LogP contribution in [0.5, 0.6) is 5.75 Å². The van der Waals surface area contributed by atoms with E-state index in [9.17, 15) is 4.79 Å². The average molecular weight is 296 g/mol. The lowest BCUT2D eigenvalue weighted by Crippen LogP contribution is -2.24. The van der Waals surface area contributed by atoms with Gasteiger partial charge in [0.2, 0.25) is 5.91 Å². The van der Waals surface area contributed by atoms with E-state index in [2.05, 4.69) is 10.3 Å². The summed E-state index contributed by atoms with van der Waals surface area (Å²) in [6.07, 6.45) is 0. The fourth-order valence-corrected chi connectivity index (χ4v) is 2.34. The monoisotopic (exact) mass is 295 g/mol. The molecule has 0 aliphatic heterocycles. The zero-order valence-electron chi connectivity index (χ0n) is 11.6. The number of aromatic nitrogens is 2. The molecule has 1 amide bonds. The van der Waals surface area contributed by atoms with E-state index in [-0.39, 0.29) is 5.91 Å². The van der Waals surface area contributed by atoms with E-state index in [0.717, 1.165) is 22.6 Å². The Morgan fingerprint density at radius 2 is 2.30 bits per heavy atom. The number of hydrogen-bond acceptors (Lipinski definition) is 3. The summed E-state index contributed by atoms with van der Waals surface area (Å²) in [5.41, 5.74) is 1.78. The van der Waals surface area contributed by atoms with E-state index in [1.807, 2.05) is 29.7 Å². The molecule has 0 atom stereocenters. The van der Waals surface area contributed by atoms with Gasteiger partial charge in [0.25, 0.3) is 0 Å². The molecule has 0 bridgehead atoms. The Morgan fingerprint density at radius 3 is 2.95 bits per heavy atom. The first-order valence-electron chi connectivity index (χ1n) is 6.58. The Bertz CT molecular complexity index is 610. The number of para-hydroxylation sites is 1. The van der Waals surface area contributed by atoms with Gasteiger partial charge in [0.15, 0.2) is 0 Å². The van der Waals surface area contributed by atoms with Crippen LogP contribution in [0.2, 0.25) is 0 Å². The van der Waals surface area contributed by atoms with Crippen molar-refractivity contribution in [2.24, 2.45) is 0 Å². The second-order valence-corrected chi connectivity index (χ2v) is 4.62. The van der Waals surface area contributed by atoms with Crippen molar-refractivity contribution in [1.29, 1.82) is 0 Å². The first kappa shape index (κ1) is 14.7. The number of imidazole rings is 1. The highest BCUT2D eigenvalue weighted by molar-refractivity contribution is 6.16. The second-order valence-electron chi connectivity index (χ2n) is 4.35. The van der Waals surface area contributed by atoms with E-state index >= 15 is 0 Å². The molecule has 1 heterocycles. The summed E-state index contributed by atoms with van der Waals surface area (Å²) in [6, 6.07) is 5.81. The number of benzene rings is 1. The predicted molar refractivity (Wildman–Crippen MR) is 79.1 cm³/mol. The summed E-state index contributed by atoms with van der Waals surface area (Å²) in [5.74, 6) is 1.81. The maximum Gasteiger partial charge on any atom is 0.216 e. The summed E-state index contributed by atoms with van der Waals surface area (Å²) in [5, 5.41) is 2.78. The number of rotatable bonds is 6. The third-order valence-corrected chi connectivity index (χ3v) is 3.19. The standard InChI is InChI=1S/C14H18ClN3O2/c1-3-20-12-6-4-5-11-14(12)17-13(9-15)18(11)8-7-16-10(2)19/h4-6H,3,7-9H2,1-2H3,(H,16,19). The molecule has 0 unspecified atom stereocenters. The predicted octanol–water partition coefficient (Wildman–Crippen LogP) is 2.31. The van der Waals surface area contributed by atoms with Crippen LogP contribution in [-0.4, -0.2) is 28.6 Å². The number of fused-ring (bicyclic) bond motifs is 1. The number of nitrogens with one attached hydrogen (secondary N) is 1. The number of amides is 1. The summed E-state index contributed by atoms with van der Waals surface area (Å²) < 4.78 is 7.60. The molecule has 0 aliphatic carbocycles. The van der Waals surface area contributed by atoms with Crippen molar-refractivity contribution in [3.05, 3.63) is 24.0 Å². The van der Waals surface area contributed by atoms with Crippen molar-refractivity contribution in [2.45, 2.75) is 26.3 Å². The van der Waals surface area contributed by atoms with E-state index in [1.165, 1.54) is 6.92 Å². The fraction of sp³-hybridized carbons (Fsp3) is 0.429. The van der Waals surface area contributed by atoms with Crippen LogP contribution in [0.1, 0.15) is 19.7 Å². The molecule has 0 spiro atoms. The molecule has 6 heteroatoms. The Kier molecular flexibility index (Phi) is 4.84. The topological polar surface area (TPSA) is 56.1 Å². The van der Waals surface area contributed by atoms with Gasteiger partial charge in [0, 0.05) is 20.0 Å². The molecule has 108 valence electrons. The molecule has 0 radical (unpaired) electrons. The number of halogens is 1. The van der Waals surface area contributed by atoms with E-state index in [4.69, 9.17) is 16.3 Å². The number of alkyl halides is 1. The van der Waals surface area contributed by atoms with Gasteiger partial charge in [0.1, 0.15) is 17.1 Å². The molecule has 2 rings (SSSR count). The van der Waals surface area contributed by atoms with Gasteiger partial charge < -0.3 is 14.6 Å². The van der Waals surface area contributed by atoms with Crippen LogP contribution in [0.25, 0.3) is 11.0 Å². The van der Waals surface area contributed by atoms with Gasteiger partial charge >= 0.3 is 0 Å². The Hall–Kier alpha value is -1.75. The van der Waals surface area contributed by atoms with Crippen molar-refractivity contribution in [1.82, 2.24) is 14.9 Å². The summed E-state index contributed by atoms with van der Waals surface area (Å²) >= 11 is 5.96. The number of hydrogen-bond donors (Lipinski definition) is 1. The number of ether oxygens (including phenoxy) is 1. The molecule has 1 aromatic carbocycles. The zero-order chi connectivity index (χ0) is 14.5. The Morgan fingerprint density at radius 1 is 1.50 bits per heavy atom. The first-order valence-corrected chi connectivity index (χ1v) is 7.12. The first-order chi connectivity index (χ1) is 9.67. The summed E-state index contributed by atoms with van der Waals surface area (Å²) in [7, 11) is 0. The van der Waals surface area contributed by atoms with Crippen LogP contribution < -0.4 is 10.1 Å². The highest BCUT2D eigenvalue weighted by Crippen LogP contribution is 2.26. The van der Waals surface area contributed by atoms with Gasteiger partial charge in [-0.05, 0) is 19.1 Å². The average Bonchev–Trinajstić information content (AvgIpc) is 2.78. The normalized spacial score (nSPS) is 10.8. The lowest BCUT2D eigenvalue weighted by atomic mass is 10.3. The van der Waals surface area contributed by atoms with Crippen LogP contribution in [0.4, 0.5) is 0 Å². The van der Waals surface area contributed by atoms with Gasteiger partial charge in [-0.3, -0.25) is 4.79 Å². The molecule has 2 aromatic rings. The van der Waals surface area contributed by atoms with Crippen molar-refractivity contribution in [3.8, 4) is 5.75 Å². The SMILES string of the molecule is CCOc1cccc2c1nc(CCl)n2CCNC(C)=O.